The molecule has 2 rings (SSSR count). The van der Waals surface area contributed by atoms with Crippen LogP contribution < -0.4 is 5.32 Å². The first kappa shape index (κ1) is 20.3. The van der Waals surface area contributed by atoms with Gasteiger partial charge < -0.3 is 14.6 Å². The summed E-state index contributed by atoms with van der Waals surface area (Å²) in [5.74, 6) is -0.493. The Morgan fingerprint density at radius 3 is 2.73 bits per heavy atom. The van der Waals surface area contributed by atoms with Crippen molar-refractivity contribution in [2.24, 2.45) is 0 Å². The quantitative estimate of drug-likeness (QED) is 0.386. The number of hydrogen-bond donors (Lipinski definition) is 1. The third kappa shape index (κ3) is 5.26. The zero-order chi connectivity index (χ0) is 19.1. The molecule has 1 aromatic carbocycles. The third-order valence-corrected chi connectivity index (χ3v) is 4.68. The summed E-state index contributed by atoms with van der Waals surface area (Å²) in [6.07, 6.45) is 5.20. The first-order valence-corrected chi connectivity index (χ1v) is 9.24. The Balaban J connectivity index is 2.19. The number of benzene rings is 1. The van der Waals surface area contributed by atoms with Crippen LogP contribution in [0.15, 0.2) is 31.0 Å². The van der Waals surface area contributed by atoms with E-state index in [1.807, 2.05) is 17.7 Å². The van der Waals surface area contributed by atoms with Gasteiger partial charge in [0.25, 0.3) is 0 Å². The number of nitrogens with one attached hydrogen (secondary N) is 1. The van der Waals surface area contributed by atoms with Gasteiger partial charge in [-0.25, -0.2) is 0 Å². The minimum absolute atomic E-state index is 0.234. The molecule has 26 heavy (non-hydrogen) atoms. The molecule has 7 heteroatoms. The number of aryl methyl sites for hydroxylation is 1. The lowest BCUT2D eigenvalue weighted by Gasteiger charge is -2.07. The molecule has 0 atom stereocenters. The number of halogens is 2. The van der Waals surface area contributed by atoms with Crippen molar-refractivity contribution in [1.29, 1.82) is 0 Å². The summed E-state index contributed by atoms with van der Waals surface area (Å²) in [6, 6.07) is 3.53. The highest BCUT2D eigenvalue weighted by Crippen LogP contribution is 2.31. The van der Waals surface area contributed by atoms with Crippen LogP contribution in [0.3, 0.4) is 0 Å². The largest absolute Gasteiger partial charge is 0.466 e. The van der Waals surface area contributed by atoms with Crippen LogP contribution in [0.2, 0.25) is 10.0 Å². The zero-order valence-corrected chi connectivity index (χ0v) is 16.2. The average Bonchev–Trinajstić information content (AvgIpc) is 2.95. The molecule has 0 spiro atoms. The van der Waals surface area contributed by atoms with Crippen LogP contribution in [0.5, 0.6) is 0 Å². The minimum atomic E-state index is -0.259. The summed E-state index contributed by atoms with van der Waals surface area (Å²) in [7, 11) is 0. The van der Waals surface area contributed by atoms with Crippen molar-refractivity contribution in [3.63, 3.8) is 0 Å². The molecule has 0 saturated heterocycles. The number of amides is 1. The second kappa shape index (κ2) is 9.64. The van der Waals surface area contributed by atoms with Crippen molar-refractivity contribution in [2.75, 3.05) is 6.61 Å². The second-order valence-corrected chi connectivity index (χ2v) is 6.69. The van der Waals surface area contributed by atoms with Crippen molar-refractivity contribution < 1.29 is 14.3 Å². The van der Waals surface area contributed by atoms with Crippen molar-refractivity contribution in [3.05, 3.63) is 46.6 Å². The highest BCUT2D eigenvalue weighted by molar-refractivity contribution is 6.42. The van der Waals surface area contributed by atoms with E-state index in [1.54, 1.807) is 12.1 Å². The zero-order valence-electron chi connectivity index (χ0n) is 14.7. The number of unbranched alkanes of at least 4 members (excludes halogenated alkanes) is 1. The number of hydrogen-bond acceptors (Lipinski definition) is 3. The molecule has 2 aromatic rings. The summed E-state index contributed by atoms with van der Waals surface area (Å²) in [5.41, 5.74) is 1.73. The van der Waals surface area contributed by atoms with E-state index in [0.29, 0.717) is 29.7 Å². The molecule has 0 saturated carbocycles. The minimum Gasteiger partial charge on any atom is -0.466 e. The molecule has 0 unspecified atom stereocenters. The van der Waals surface area contributed by atoms with Crippen LogP contribution in [0.4, 0.5) is 0 Å². The lowest BCUT2D eigenvalue weighted by molar-refractivity contribution is -0.144. The van der Waals surface area contributed by atoms with Crippen LogP contribution in [-0.2, 0) is 27.4 Å². The highest BCUT2D eigenvalue weighted by atomic mass is 35.5. The van der Waals surface area contributed by atoms with E-state index >= 15 is 0 Å². The van der Waals surface area contributed by atoms with Crippen LogP contribution in [0.1, 0.15) is 31.7 Å². The number of aromatic nitrogens is 1. The van der Waals surface area contributed by atoms with Gasteiger partial charge in [0.05, 0.1) is 23.1 Å². The number of fused-ring (bicyclic) bond motifs is 1. The predicted molar refractivity (Wildman–Crippen MR) is 104 cm³/mol. The van der Waals surface area contributed by atoms with Crippen molar-refractivity contribution in [3.8, 4) is 0 Å². The Labute approximate surface area is 162 Å². The van der Waals surface area contributed by atoms with Gasteiger partial charge >= 0.3 is 5.97 Å². The Morgan fingerprint density at radius 1 is 1.31 bits per heavy atom. The van der Waals surface area contributed by atoms with E-state index in [4.69, 9.17) is 27.9 Å². The molecule has 0 aliphatic rings. The van der Waals surface area contributed by atoms with Gasteiger partial charge in [0, 0.05) is 30.2 Å². The summed E-state index contributed by atoms with van der Waals surface area (Å²) < 4.78 is 7.12. The molecule has 140 valence electrons. The molecule has 0 radical (unpaired) electrons. The topological polar surface area (TPSA) is 60.3 Å². The molecule has 0 aliphatic heterocycles. The van der Waals surface area contributed by atoms with E-state index in [-0.39, 0.29) is 18.3 Å². The standard InChI is InChI=1S/C19H22Cl2N2O3/c1-3-5-8-26-19(25)6-7-23-12-13(11-22-18(24)4-2)14-9-15(20)16(21)10-17(14)23/h4,9-10,12H,2-3,5-8,11H2,1H3,(H,22,24). The molecule has 0 aliphatic carbocycles. The Hall–Kier alpha value is -1.98. The maximum Gasteiger partial charge on any atom is 0.307 e. The van der Waals surface area contributed by atoms with Gasteiger partial charge in [-0.15, -0.1) is 0 Å². The molecule has 0 fully saturated rings. The maximum absolute atomic E-state index is 11.9. The molecule has 1 heterocycles. The number of carbonyl (C=O) groups excluding carboxylic acids is 2. The van der Waals surface area contributed by atoms with Gasteiger partial charge in [0.2, 0.25) is 5.91 Å². The number of rotatable bonds is 9. The first-order chi connectivity index (χ1) is 12.5. The molecule has 1 N–H and O–H groups in total. The summed E-state index contributed by atoms with van der Waals surface area (Å²) in [6.45, 7) is 6.71. The first-order valence-electron chi connectivity index (χ1n) is 8.49. The number of esters is 1. The number of carbonyl (C=O) groups is 2. The van der Waals surface area contributed by atoms with Crippen LogP contribution in [-0.4, -0.2) is 23.1 Å². The molecular formula is C19H22Cl2N2O3. The maximum atomic E-state index is 11.9. The Kier molecular flexibility index (Phi) is 7.54. The second-order valence-electron chi connectivity index (χ2n) is 5.88. The van der Waals surface area contributed by atoms with Gasteiger partial charge in [-0.3, -0.25) is 9.59 Å². The van der Waals surface area contributed by atoms with Crippen LogP contribution in [0.25, 0.3) is 10.9 Å². The van der Waals surface area contributed by atoms with E-state index in [1.165, 1.54) is 6.08 Å². The molecular weight excluding hydrogens is 375 g/mol. The highest BCUT2D eigenvalue weighted by Gasteiger charge is 2.13. The lowest BCUT2D eigenvalue weighted by Crippen LogP contribution is -2.19. The van der Waals surface area contributed by atoms with Gasteiger partial charge in [0.15, 0.2) is 0 Å². The van der Waals surface area contributed by atoms with Gasteiger partial charge in [-0.1, -0.05) is 43.1 Å². The fraction of sp³-hybridized carbons (Fsp3) is 0.368. The van der Waals surface area contributed by atoms with E-state index < -0.39 is 0 Å². The fourth-order valence-electron chi connectivity index (χ4n) is 2.55. The summed E-state index contributed by atoms with van der Waals surface area (Å²) in [5, 5.41) is 4.50. The molecule has 5 nitrogen and oxygen atoms in total. The molecule has 0 bridgehead atoms. The Morgan fingerprint density at radius 2 is 2.04 bits per heavy atom. The average molecular weight is 397 g/mol. The van der Waals surface area contributed by atoms with Gasteiger partial charge in [0.1, 0.15) is 0 Å². The third-order valence-electron chi connectivity index (χ3n) is 3.96. The van der Waals surface area contributed by atoms with Crippen LogP contribution >= 0.6 is 23.2 Å². The predicted octanol–water partition coefficient (Wildman–Crippen LogP) is 4.48. The van der Waals surface area contributed by atoms with E-state index in [0.717, 1.165) is 29.3 Å². The smallest absolute Gasteiger partial charge is 0.307 e. The summed E-state index contributed by atoms with van der Waals surface area (Å²) >= 11 is 12.3. The van der Waals surface area contributed by atoms with E-state index in [9.17, 15) is 9.59 Å². The fourth-order valence-corrected chi connectivity index (χ4v) is 2.87. The molecule has 1 aromatic heterocycles. The van der Waals surface area contributed by atoms with Crippen molar-refractivity contribution in [2.45, 2.75) is 39.3 Å². The monoisotopic (exact) mass is 396 g/mol. The lowest BCUT2D eigenvalue weighted by atomic mass is 10.2. The number of ether oxygens (including phenoxy) is 1. The molecule has 1 amide bonds. The van der Waals surface area contributed by atoms with Gasteiger partial charge in [-0.2, -0.15) is 0 Å². The normalized spacial score (nSPS) is 10.7. The van der Waals surface area contributed by atoms with Gasteiger partial charge in [-0.05, 0) is 30.2 Å². The summed E-state index contributed by atoms with van der Waals surface area (Å²) in [4.78, 5) is 23.3. The van der Waals surface area contributed by atoms with E-state index in [2.05, 4.69) is 11.9 Å². The van der Waals surface area contributed by atoms with Crippen molar-refractivity contribution >= 4 is 46.0 Å². The van der Waals surface area contributed by atoms with Crippen LogP contribution in [0, 0.1) is 0 Å². The number of nitrogens with zero attached hydrogens (tertiary/aromatic N) is 1. The van der Waals surface area contributed by atoms with Crippen molar-refractivity contribution in [1.82, 2.24) is 9.88 Å². The SMILES string of the molecule is C=CC(=O)NCc1cn(CCC(=O)OCCCC)c2cc(Cl)c(Cl)cc12. The Bertz CT molecular complexity index is 815.